The summed E-state index contributed by atoms with van der Waals surface area (Å²) in [7, 11) is 0. The van der Waals surface area contributed by atoms with Crippen LogP contribution in [-0.2, 0) is 4.79 Å². The van der Waals surface area contributed by atoms with Crippen LogP contribution in [0.25, 0.3) is 0 Å². The van der Waals surface area contributed by atoms with Crippen LogP contribution < -0.4 is 0 Å². The average Bonchev–Trinajstić information content (AvgIpc) is 2.24. The topological polar surface area (TPSA) is 37.3 Å². The normalized spacial score (nSPS) is 6.46. The van der Waals surface area contributed by atoms with E-state index in [2.05, 4.69) is 19.7 Å². The lowest BCUT2D eigenvalue weighted by molar-refractivity contribution is -0.131. The highest BCUT2D eigenvalue weighted by molar-refractivity contribution is 5.78. The van der Waals surface area contributed by atoms with Crippen molar-refractivity contribution in [1.82, 2.24) is 0 Å². The Morgan fingerprint density at radius 1 is 1.00 bits per heavy atom. The Bertz CT molecular complexity index is 190. The first kappa shape index (κ1) is 13.7. The highest BCUT2D eigenvalue weighted by Crippen LogP contribution is 1.79. The molecule has 70 valence electrons. The number of hydrogen-bond acceptors (Lipinski definition) is 1. The van der Waals surface area contributed by atoms with E-state index in [1.165, 1.54) is 0 Å². The molecule has 1 N–H and O–H groups in total. The SMILES string of the molecule is C=C.C=CC(=O)O.c1ccccc1. The zero-order valence-electron chi connectivity index (χ0n) is 7.52. The van der Waals surface area contributed by atoms with E-state index in [0.717, 1.165) is 6.08 Å². The van der Waals surface area contributed by atoms with E-state index in [-0.39, 0.29) is 0 Å². The number of rotatable bonds is 1. The van der Waals surface area contributed by atoms with Crippen LogP contribution in [-0.4, -0.2) is 11.1 Å². The number of carboxylic acids is 1. The van der Waals surface area contributed by atoms with Crippen molar-refractivity contribution in [2.75, 3.05) is 0 Å². The second-order valence-electron chi connectivity index (χ2n) is 1.70. The van der Waals surface area contributed by atoms with Gasteiger partial charge in [-0.15, -0.1) is 13.2 Å². The van der Waals surface area contributed by atoms with Gasteiger partial charge in [0.25, 0.3) is 0 Å². The molecule has 1 aromatic rings. The molecule has 0 aliphatic carbocycles. The molecule has 0 radical (unpaired) electrons. The van der Waals surface area contributed by atoms with Crippen LogP contribution in [0.15, 0.2) is 62.2 Å². The largest absolute Gasteiger partial charge is 0.478 e. The summed E-state index contributed by atoms with van der Waals surface area (Å²) in [6.45, 7) is 8.96. The van der Waals surface area contributed by atoms with E-state index < -0.39 is 5.97 Å². The molecule has 13 heavy (non-hydrogen) atoms. The molecule has 0 aliphatic heterocycles. The van der Waals surface area contributed by atoms with Crippen molar-refractivity contribution >= 4 is 5.97 Å². The molecule has 2 nitrogen and oxygen atoms in total. The van der Waals surface area contributed by atoms with Gasteiger partial charge in [0.1, 0.15) is 0 Å². The van der Waals surface area contributed by atoms with Crippen molar-refractivity contribution < 1.29 is 9.90 Å². The Morgan fingerprint density at radius 2 is 1.15 bits per heavy atom. The van der Waals surface area contributed by atoms with Gasteiger partial charge >= 0.3 is 5.97 Å². The van der Waals surface area contributed by atoms with E-state index >= 15 is 0 Å². The van der Waals surface area contributed by atoms with Gasteiger partial charge in [0.15, 0.2) is 0 Å². The third kappa shape index (κ3) is 17.8. The summed E-state index contributed by atoms with van der Waals surface area (Å²) >= 11 is 0. The Labute approximate surface area is 78.8 Å². The predicted molar refractivity (Wildman–Crippen MR) is 55.5 cm³/mol. The van der Waals surface area contributed by atoms with Crippen LogP contribution in [0.2, 0.25) is 0 Å². The second-order valence-corrected chi connectivity index (χ2v) is 1.70. The quantitative estimate of drug-likeness (QED) is 0.530. The maximum absolute atomic E-state index is 9.25. The van der Waals surface area contributed by atoms with Gasteiger partial charge in [0.05, 0.1) is 0 Å². The van der Waals surface area contributed by atoms with Gasteiger partial charge in [-0.25, -0.2) is 4.79 Å². The van der Waals surface area contributed by atoms with E-state index in [1.807, 2.05) is 36.4 Å². The number of benzene rings is 1. The Hall–Kier alpha value is -1.83. The molecule has 0 saturated heterocycles. The number of hydrogen-bond donors (Lipinski definition) is 1. The van der Waals surface area contributed by atoms with Crippen molar-refractivity contribution in [2.45, 2.75) is 0 Å². The molecule has 0 amide bonds. The van der Waals surface area contributed by atoms with Gasteiger partial charge in [-0.05, 0) is 0 Å². The minimum Gasteiger partial charge on any atom is -0.478 e. The van der Waals surface area contributed by atoms with Crippen LogP contribution in [0.1, 0.15) is 0 Å². The average molecular weight is 178 g/mol. The van der Waals surface area contributed by atoms with E-state index in [9.17, 15) is 4.79 Å². The van der Waals surface area contributed by atoms with Crippen LogP contribution in [0.5, 0.6) is 0 Å². The number of carboxylic acid groups (broad SMARTS) is 1. The molecular formula is C11H14O2. The minimum atomic E-state index is -0.981. The van der Waals surface area contributed by atoms with Gasteiger partial charge in [-0.2, -0.15) is 0 Å². The summed E-state index contributed by atoms with van der Waals surface area (Å²) in [5.74, 6) is -0.981. The van der Waals surface area contributed by atoms with Crippen LogP contribution in [0.3, 0.4) is 0 Å². The van der Waals surface area contributed by atoms with Crippen molar-refractivity contribution in [2.24, 2.45) is 0 Å². The first-order valence-electron chi connectivity index (χ1n) is 3.62. The first-order chi connectivity index (χ1) is 6.27. The molecule has 0 fully saturated rings. The second kappa shape index (κ2) is 12.8. The molecule has 1 rings (SSSR count). The molecule has 0 spiro atoms. The zero-order valence-corrected chi connectivity index (χ0v) is 7.52. The van der Waals surface area contributed by atoms with Crippen LogP contribution >= 0.6 is 0 Å². The van der Waals surface area contributed by atoms with Crippen LogP contribution in [0, 0.1) is 0 Å². The van der Waals surface area contributed by atoms with E-state index in [4.69, 9.17) is 5.11 Å². The smallest absolute Gasteiger partial charge is 0.327 e. The van der Waals surface area contributed by atoms with E-state index in [1.54, 1.807) is 0 Å². The van der Waals surface area contributed by atoms with Crippen molar-refractivity contribution in [3.63, 3.8) is 0 Å². The van der Waals surface area contributed by atoms with Gasteiger partial charge in [0, 0.05) is 6.08 Å². The highest BCUT2D eigenvalue weighted by Gasteiger charge is 1.73. The molecule has 0 aliphatic rings. The third-order valence-electron chi connectivity index (χ3n) is 0.841. The lowest BCUT2D eigenvalue weighted by atomic mass is 10.4. The summed E-state index contributed by atoms with van der Waals surface area (Å²) in [6.07, 6.45) is 0.833. The lowest BCUT2D eigenvalue weighted by Crippen LogP contribution is -1.82. The lowest BCUT2D eigenvalue weighted by Gasteiger charge is -1.69. The molecule has 0 saturated carbocycles. The number of aliphatic carboxylic acids is 1. The van der Waals surface area contributed by atoms with Gasteiger partial charge in [-0.3, -0.25) is 0 Å². The summed E-state index contributed by atoms with van der Waals surface area (Å²) < 4.78 is 0. The molecule has 0 bridgehead atoms. The summed E-state index contributed by atoms with van der Waals surface area (Å²) in [4.78, 5) is 9.25. The molecule has 0 heterocycles. The van der Waals surface area contributed by atoms with Crippen molar-refractivity contribution in [3.05, 3.63) is 62.2 Å². The van der Waals surface area contributed by atoms with Gasteiger partial charge in [0.2, 0.25) is 0 Å². The Morgan fingerprint density at radius 3 is 1.23 bits per heavy atom. The van der Waals surface area contributed by atoms with E-state index in [0.29, 0.717) is 0 Å². The summed E-state index contributed by atoms with van der Waals surface area (Å²) in [5, 5.41) is 7.60. The summed E-state index contributed by atoms with van der Waals surface area (Å²) in [6, 6.07) is 12.0. The fourth-order valence-corrected chi connectivity index (χ4v) is 0.385. The highest BCUT2D eigenvalue weighted by atomic mass is 16.4. The van der Waals surface area contributed by atoms with Crippen molar-refractivity contribution in [3.8, 4) is 0 Å². The molecule has 0 aromatic heterocycles. The first-order valence-corrected chi connectivity index (χ1v) is 3.62. The molecule has 1 aromatic carbocycles. The maximum atomic E-state index is 9.25. The number of carbonyl (C=O) groups is 1. The van der Waals surface area contributed by atoms with Gasteiger partial charge < -0.3 is 5.11 Å². The van der Waals surface area contributed by atoms with Gasteiger partial charge in [-0.1, -0.05) is 43.0 Å². The molecular weight excluding hydrogens is 164 g/mol. The fourth-order valence-electron chi connectivity index (χ4n) is 0.385. The Balaban J connectivity index is 0. The summed E-state index contributed by atoms with van der Waals surface area (Å²) in [5.41, 5.74) is 0. The fraction of sp³-hybridized carbons (Fsp3) is 0. The zero-order chi connectivity index (χ0) is 10.5. The third-order valence-corrected chi connectivity index (χ3v) is 0.841. The maximum Gasteiger partial charge on any atom is 0.327 e. The standard InChI is InChI=1S/C6H6.C3H4O2.C2H4/c1-2-4-6-5-3-1;1-2-3(4)5;1-2/h1-6H;2H,1H2,(H,4,5);1-2H2. The molecule has 0 atom stereocenters. The van der Waals surface area contributed by atoms with Crippen LogP contribution in [0.4, 0.5) is 0 Å². The molecule has 2 heteroatoms. The molecule has 0 unspecified atom stereocenters. The Kier molecular flexibility index (Phi) is 13.5. The van der Waals surface area contributed by atoms with Crippen molar-refractivity contribution in [1.29, 1.82) is 0 Å². The monoisotopic (exact) mass is 178 g/mol. The minimum absolute atomic E-state index is 0.833. The predicted octanol–water partition coefficient (Wildman–Crippen LogP) is 2.75.